The Labute approximate surface area is 333 Å². The quantitative estimate of drug-likeness (QED) is 0.177. The average Bonchev–Trinajstić information content (AvgIpc) is 3.84. The van der Waals surface area contributed by atoms with E-state index in [-0.39, 0.29) is 0 Å². The summed E-state index contributed by atoms with van der Waals surface area (Å²) in [7, 11) is 0. The molecule has 4 heteroatoms. The number of rotatable bonds is 5. The summed E-state index contributed by atoms with van der Waals surface area (Å²) in [5, 5.41) is 8.25. The number of hydrogen-bond donors (Lipinski definition) is 0. The van der Waals surface area contributed by atoms with Crippen molar-refractivity contribution in [2.75, 3.05) is 0 Å². The van der Waals surface area contributed by atoms with E-state index in [0.29, 0.717) is 0 Å². The highest BCUT2D eigenvalue weighted by atomic mass is 16.3. The first-order valence-corrected chi connectivity index (χ1v) is 19.6. The maximum Gasteiger partial charge on any atom is 0.136 e. The van der Waals surface area contributed by atoms with Crippen LogP contribution in [0, 0.1) is 0 Å². The third-order valence-corrected chi connectivity index (χ3v) is 11.7. The smallest absolute Gasteiger partial charge is 0.136 e. The molecule has 4 aromatic heterocycles. The first-order valence-electron chi connectivity index (χ1n) is 19.6. The van der Waals surface area contributed by atoms with Crippen molar-refractivity contribution in [1.29, 1.82) is 0 Å². The molecule has 0 N–H and O–H groups in total. The molecule has 4 heterocycles. The first-order chi connectivity index (χ1) is 28.7. The van der Waals surface area contributed by atoms with E-state index in [4.69, 9.17) is 9.40 Å². The van der Waals surface area contributed by atoms with Crippen LogP contribution in [0.3, 0.4) is 0 Å². The van der Waals surface area contributed by atoms with E-state index in [9.17, 15) is 0 Å². The normalized spacial score (nSPS) is 11.8. The zero-order chi connectivity index (χ0) is 38.2. The van der Waals surface area contributed by atoms with Gasteiger partial charge in [0.2, 0.25) is 0 Å². The summed E-state index contributed by atoms with van der Waals surface area (Å²) in [6, 6.07) is 67.1. The molecule has 0 saturated carbocycles. The monoisotopic (exact) mass is 739 g/mol. The molecule has 0 atom stereocenters. The van der Waals surface area contributed by atoms with Crippen LogP contribution in [0.4, 0.5) is 0 Å². The molecule has 0 bridgehead atoms. The van der Waals surface area contributed by atoms with Crippen LogP contribution in [0.15, 0.2) is 205 Å². The van der Waals surface area contributed by atoms with E-state index in [1.807, 2.05) is 24.5 Å². The molecule has 12 rings (SSSR count). The van der Waals surface area contributed by atoms with E-state index < -0.39 is 0 Å². The Bertz CT molecular complexity index is 3560. The van der Waals surface area contributed by atoms with Gasteiger partial charge in [0, 0.05) is 50.6 Å². The second kappa shape index (κ2) is 12.9. The predicted molar refractivity (Wildman–Crippen MR) is 240 cm³/mol. The molecule has 0 saturated heterocycles. The largest absolute Gasteiger partial charge is 0.456 e. The van der Waals surface area contributed by atoms with Gasteiger partial charge in [0.15, 0.2) is 0 Å². The molecule has 0 aliphatic heterocycles. The van der Waals surface area contributed by atoms with Crippen LogP contribution in [0.1, 0.15) is 0 Å². The average molecular weight is 740 g/mol. The minimum absolute atomic E-state index is 0.865. The van der Waals surface area contributed by atoms with Crippen LogP contribution in [0.2, 0.25) is 0 Å². The summed E-state index contributed by atoms with van der Waals surface area (Å²) >= 11 is 0. The van der Waals surface area contributed by atoms with E-state index in [1.54, 1.807) is 0 Å². The van der Waals surface area contributed by atoms with Crippen LogP contribution >= 0.6 is 0 Å². The van der Waals surface area contributed by atoms with E-state index in [1.165, 1.54) is 32.6 Å². The van der Waals surface area contributed by atoms with Gasteiger partial charge in [-0.1, -0.05) is 127 Å². The summed E-state index contributed by atoms with van der Waals surface area (Å²) in [4.78, 5) is 9.56. The highest BCUT2D eigenvalue weighted by Gasteiger charge is 2.18. The maximum atomic E-state index is 6.54. The van der Waals surface area contributed by atoms with E-state index in [2.05, 4.69) is 185 Å². The highest BCUT2D eigenvalue weighted by Crippen LogP contribution is 2.42. The summed E-state index contributed by atoms with van der Waals surface area (Å²) in [5.41, 5.74) is 14.9. The number of benzene rings is 8. The van der Waals surface area contributed by atoms with Crippen molar-refractivity contribution in [1.82, 2.24) is 14.5 Å². The minimum Gasteiger partial charge on any atom is -0.456 e. The van der Waals surface area contributed by atoms with Crippen molar-refractivity contribution in [3.8, 4) is 50.3 Å². The molecule has 0 radical (unpaired) electrons. The molecule has 12 aromatic rings. The molecule has 0 aliphatic rings. The SMILES string of the molecule is c1ccc(-c2cc(-c3cccc(-c4cccc5oc6ccc(-c7ccc8c9c%10ccccc%10ccc9n(-c9ccccc9)c8c7)cc6c45)c3)nc3ccncc23)cc1. The lowest BCUT2D eigenvalue weighted by atomic mass is 9.94. The zero-order valence-electron chi connectivity index (χ0n) is 31.3. The summed E-state index contributed by atoms with van der Waals surface area (Å²) in [5.74, 6) is 0. The Hall–Kier alpha value is -7.82. The van der Waals surface area contributed by atoms with Gasteiger partial charge in [0.25, 0.3) is 0 Å². The molecule has 0 aliphatic carbocycles. The molecule has 0 fully saturated rings. The van der Waals surface area contributed by atoms with Crippen molar-refractivity contribution >= 4 is 65.4 Å². The van der Waals surface area contributed by atoms with Crippen LogP contribution in [-0.4, -0.2) is 14.5 Å². The van der Waals surface area contributed by atoms with Crippen LogP contribution < -0.4 is 0 Å². The standard InChI is InChI=1S/C54H33N3O/c1-3-11-34(12-4-1)44-32-48(56-47-27-28-55-33-46(44)47)39-15-9-14-38(29-39)42-19-10-20-52-54(42)45-30-36(23-26-51(45)58-52)37-21-24-43-50(31-37)57(40-16-5-2-6-17-40)49-25-22-35-13-7-8-18-41(35)53(43)49/h1-33H. The van der Waals surface area contributed by atoms with Gasteiger partial charge < -0.3 is 8.98 Å². The van der Waals surface area contributed by atoms with Crippen molar-refractivity contribution in [3.05, 3.63) is 200 Å². The maximum absolute atomic E-state index is 6.54. The Balaban J connectivity index is 1.02. The fourth-order valence-electron chi connectivity index (χ4n) is 8.99. The molecule has 270 valence electrons. The summed E-state index contributed by atoms with van der Waals surface area (Å²) in [6.07, 6.45) is 3.72. The fraction of sp³-hybridized carbons (Fsp3) is 0. The zero-order valence-corrected chi connectivity index (χ0v) is 31.3. The van der Waals surface area contributed by atoms with Crippen molar-refractivity contribution in [2.24, 2.45) is 0 Å². The fourth-order valence-corrected chi connectivity index (χ4v) is 8.99. The van der Waals surface area contributed by atoms with Crippen LogP contribution in [0.5, 0.6) is 0 Å². The van der Waals surface area contributed by atoms with Crippen molar-refractivity contribution in [3.63, 3.8) is 0 Å². The molecule has 8 aromatic carbocycles. The highest BCUT2D eigenvalue weighted by molar-refractivity contribution is 6.22. The van der Waals surface area contributed by atoms with Gasteiger partial charge in [-0.3, -0.25) is 4.98 Å². The third-order valence-electron chi connectivity index (χ3n) is 11.7. The Morgan fingerprint density at radius 2 is 1.19 bits per heavy atom. The van der Waals surface area contributed by atoms with Gasteiger partial charge in [-0.2, -0.15) is 0 Å². The molecule has 4 nitrogen and oxygen atoms in total. The summed E-state index contributed by atoms with van der Waals surface area (Å²) < 4.78 is 8.94. The third kappa shape index (κ3) is 5.09. The van der Waals surface area contributed by atoms with Gasteiger partial charge in [0.1, 0.15) is 11.2 Å². The lowest BCUT2D eigenvalue weighted by molar-refractivity contribution is 0.669. The number of fused-ring (bicyclic) bond motifs is 9. The Morgan fingerprint density at radius 1 is 0.414 bits per heavy atom. The molecule has 58 heavy (non-hydrogen) atoms. The van der Waals surface area contributed by atoms with Gasteiger partial charge in [-0.25, -0.2) is 4.98 Å². The Kier molecular flexibility index (Phi) is 7.20. The molecular formula is C54H33N3O. The number of pyridine rings is 2. The lowest BCUT2D eigenvalue weighted by Crippen LogP contribution is -1.93. The van der Waals surface area contributed by atoms with Crippen LogP contribution in [-0.2, 0) is 0 Å². The number of hydrogen-bond acceptors (Lipinski definition) is 3. The molecule has 0 amide bonds. The second-order valence-electron chi connectivity index (χ2n) is 15.0. The van der Waals surface area contributed by atoms with Crippen LogP contribution in [0.25, 0.3) is 116 Å². The van der Waals surface area contributed by atoms with Gasteiger partial charge in [-0.15, -0.1) is 0 Å². The minimum atomic E-state index is 0.865. The topological polar surface area (TPSA) is 43.9 Å². The predicted octanol–water partition coefficient (Wildman–Crippen LogP) is 14.4. The number of nitrogens with zero attached hydrogens (tertiary/aromatic N) is 3. The van der Waals surface area contributed by atoms with Gasteiger partial charge in [-0.05, 0) is 105 Å². The lowest BCUT2D eigenvalue weighted by Gasteiger charge is -2.11. The molecule has 0 unspecified atom stereocenters. The van der Waals surface area contributed by atoms with Gasteiger partial charge >= 0.3 is 0 Å². The first kappa shape index (κ1) is 32.4. The van der Waals surface area contributed by atoms with Gasteiger partial charge in [0.05, 0.1) is 22.2 Å². The van der Waals surface area contributed by atoms with E-state index in [0.717, 1.165) is 83.2 Å². The Morgan fingerprint density at radius 3 is 2.10 bits per heavy atom. The number of para-hydroxylation sites is 1. The van der Waals surface area contributed by atoms with E-state index >= 15 is 0 Å². The van der Waals surface area contributed by atoms with Crippen molar-refractivity contribution < 1.29 is 4.42 Å². The second-order valence-corrected chi connectivity index (χ2v) is 15.0. The summed E-state index contributed by atoms with van der Waals surface area (Å²) in [6.45, 7) is 0. The number of furan rings is 1. The number of aromatic nitrogens is 3. The molecular weight excluding hydrogens is 707 g/mol. The molecule has 0 spiro atoms. The van der Waals surface area contributed by atoms with Crippen molar-refractivity contribution in [2.45, 2.75) is 0 Å².